The summed E-state index contributed by atoms with van der Waals surface area (Å²) in [4.78, 5) is 20.3. The second-order valence-electron chi connectivity index (χ2n) is 5.89. The number of hydrogen-bond donors (Lipinski definition) is 2. The molecule has 2 atom stereocenters. The van der Waals surface area contributed by atoms with Gasteiger partial charge in [-0.05, 0) is 38.9 Å². The maximum atomic E-state index is 12.6. The number of aliphatic hydroxyl groups is 1. The smallest absolute Gasteiger partial charge is 0.255 e. The molecule has 1 amide bonds. The predicted molar refractivity (Wildman–Crippen MR) is 79.1 cm³/mol. The molecule has 0 unspecified atom stereocenters. The van der Waals surface area contributed by atoms with E-state index in [1.807, 2.05) is 14.1 Å². The highest BCUT2D eigenvalue weighted by molar-refractivity contribution is 5.94. The first-order chi connectivity index (χ1) is 10.0. The lowest BCUT2D eigenvalue weighted by Gasteiger charge is -2.29. The van der Waals surface area contributed by atoms with Crippen LogP contribution in [-0.4, -0.2) is 70.7 Å². The summed E-state index contributed by atoms with van der Waals surface area (Å²) in [5.74, 6) is -0.0618. The van der Waals surface area contributed by atoms with E-state index in [1.54, 1.807) is 4.90 Å². The zero-order valence-corrected chi connectivity index (χ0v) is 12.6. The molecule has 2 rings (SSSR count). The Hall–Kier alpha value is -1.66. The SMILES string of the molecule is CN(C)[C@@H]1CC[C@H](CO)CN(C(=O)c2cncc(O)c2)C1. The molecule has 1 aromatic heterocycles. The van der Waals surface area contributed by atoms with Gasteiger partial charge in [0.05, 0.1) is 11.8 Å². The highest BCUT2D eigenvalue weighted by atomic mass is 16.3. The van der Waals surface area contributed by atoms with Gasteiger partial charge in [-0.25, -0.2) is 0 Å². The van der Waals surface area contributed by atoms with Crippen LogP contribution in [0.1, 0.15) is 23.2 Å². The van der Waals surface area contributed by atoms with Crippen molar-refractivity contribution in [1.82, 2.24) is 14.8 Å². The second-order valence-corrected chi connectivity index (χ2v) is 5.89. The maximum absolute atomic E-state index is 12.6. The molecular formula is C15H23N3O3. The molecule has 21 heavy (non-hydrogen) atoms. The summed E-state index contributed by atoms with van der Waals surface area (Å²) in [5.41, 5.74) is 0.381. The number of carbonyl (C=O) groups excluding carboxylic acids is 1. The molecule has 1 aromatic rings. The van der Waals surface area contributed by atoms with Gasteiger partial charge in [0.15, 0.2) is 0 Å². The molecule has 0 bridgehead atoms. The van der Waals surface area contributed by atoms with Crippen molar-refractivity contribution >= 4 is 5.91 Å². The summed E-state index contributed by atoms with van der Waals surface area (Å²) in [6.07, 6.45) is 4.63. The number of rotatable bonds is 3. The second kappa shape index (κ2) is 6.87. The molecule has 0 spiro atoms. The minimum atomic E-state index is -0.148. The van der Waals surface area contributed by atoms with Crippen LogP contribution < -0.4 is 0 Å². The normalized spacial score (nSPS) is 23.1. The Labute approximate surface area is 125 Å². The van der Waals surface area contributed by atoms with Crippen molar-refractivity contribution in [2.45, 2.75) is 18.9 Å². The minimum Gasteiger partial charge on any atom is -0.506 e. The maximum Gasteiger partial charge on any atom is 0.255 e. The summed E-state index contributed by atoms with van der Waals surface area (Å²) in [6, 6.07) is 1.70. The number of nitrogens with zero attached hydrogens (tertiary/aromatic N) is 3. The number of aromatic hydroxyl groups is 1. The van der Waals surface area contributed by atoms with E-state index in [-0.39, 0.29) is 30.2 Å². The van der Waals surface area contributed by atoms with Crippen LogP contribution >= 0.6 is 0 Å². The molecule has 1 saturated heterocycles. The van der Waals surface area contributed by atoms with Gasteiger partial charge < -0.3 is 20.0 Å². The monoisotopic (exact) mass is 293 g/mol. The molecule has 0 aromatic carbocycles. The van der Waals surface area contributed by atoms with Gasteiger partial charge in [0.2, 0.25) is 0 Å². The number of likely N-dealkylation sites (N-methyl/N-ethyl adjacent to an activating group) is 1. The van der Waals surface area contributed by atoms with Gasteiger partial charge in [-0.15, -0.1) is 0 Å². The first-order valence-electron chi connectivity index (χ1n) is 7.21. The van der Waals surface area contributed by atoms with Crippen LogP contribution in [-0.2, 0) is 0 Å². The van der Waals surface area contributed by atoms with Crippen LogP contribution in [0.25, 0.3) is 0 Å². The van der Waals surface area contributed by atoms with Gasteiger partial charge in [-0.1, -0.05) is 0 Å². The number of hydrogen-bond acceptors (Lipinski definition) is 5. The minimum absolute atomic E-state index is 0.0152. The first-order valence-corrected chi connectivity index (χ1v) is 7.21. The molecule has 1 aliphatic heterocycles. The van der Waals surface area contributed by atoms with E-state index in [4.69, 9.17) is 0 Å². The summed E-state index contributed by atoms with van der Waals surface area (Å²) in [6.45, 7) is 1.25. The molecular weight excluding hydrogens is 270 g/mol. The van der Waals surface area contributed by atoms with Crippen LogP contribution in [0.3, 0.4) is 0 Å². The van der Waals surface area contributed by atoms with Crippen molar-refractivity contribution in [3.05, 3.63) is 24.0 Å². The fourth-order valence-electron chi connectivity index (χ4n) is 2.71. The highest BCUT2D eigenvalue weighted by Crippen LogP contribution is 2.21. The molecule has 6 nitrogen and oxygen atoms in total. The van der Waals surface area contributed by atoms with Gasteiger partial charge in [0.25, 0.3) is 5.91 Å². The van der Waals surface area contributed by atoms with Crippen LogP contribution in [0.15, 0.2) is 18.5 Å². The standard InChI is InChI=1S/C15H23N3O3/c1-17(2)13-4-3-11(10-19)8-18(9-13)15(21)12-5-14(20)7-16-6-12/h5-7,11,13,19-20H,3-4,8-10H2,1-2H3/t11-,13+/m0/s1. The van der Waals surface area contributed by atoms with E-state index < -0.39 is 0 Å². The van der Waals surface area contributed by atoms with Gasteiger partial charge in [-0.3, -0.25) is 9.78 Å². The van der Waals surface area contributed by atoms with Crippen LogP contribution in [0.4, 0.5) is 0 Å². The Morgan fingerprint density at radius 3 is 2.76 bits per heavy atom. The largest absolute Gasteiger partial charge is 0.506 e. The predicted octanol–water partition coefficient (Wildman–Crippen LogP) is 0.562. The Kier molecular flexibility index (Phi) is 5.14. The van der Waals surface area contributed by atoms with Gasteiger partial charge in [0, 0.05) is 31.9 Å². The highest BCUT2D eigenvalue weighted by Gasteiger charge is 2.28. The Morgan fingerprint density at radius 2 is 2.14 bits per heavy atom. The first kappa shape index (κ1) is 15.7. The third-order valence-corrected chi connectivity index (χ3v) is 4.06. The van der Waals surface area contributed by atoms with Crippen molar-refractivity contribution in [1.29, 1.82) is 0 Å². The number of carbonyl (C=O) groups is 1. The van der Waals surface area contributed by atoms with E-state index in [1.165, 1.54) is 18.5 Å². The zero-order chi connectivity index (χ0) is 15.4. The van der Waals surface area contributed by atoms with E-state index in [0.29, 0.717) is 18.7 Å². The van der Waals surface area contributed by atoms with E-state index >= 15 is 0 Å². The number of likely N-dealkylation sites (tertiary alicyclic amines) is 1. The summed E-state index contributed by atoms with van der Waals surface area (Å²) >= 11 is 0. The van der Waals surface area contributed by atoms with E-state index in [0.717, 1.165) is 12.8 Å². The third-order valence-electron chi connectivity index (χ3n) is 4.06. The molecule has 2 N–H and O–H groups in total. The van der Waals surface area contributed by atoms with Crippen molar-refractivity contribution in [2.24, 2.45) is 5.92 Å². The van der Waals surface area contributed by atoms with Gasteiger partial charge in [0.1, 0.15) is 5.75 Å². The number of pyridine rings is 1. The van der Waals surface area contributed by atoms with Crippen molar-refractivity contribution < 1.29 is 15.0 Å². The molecule has 6 heteroatoms. The molecule has 0 radical (unpaired) electrons. The van der Waals surface area contributed by atoms with Crippen LogP contribution in [0, 0.1) is 5.92 Å². The third kappa shape index (κ3) is 3.92. The topological polar surface area (TPSA) is 76.9 Å². The Morgan fingerprint density at radius 1 is 1.38 bits per heavy atom. The van der Waals surface area contributed by atoms with E-state index in [9.17, 15) is 15.0 Å². The number of aromatic nitrogens is 1. The Balaban J connectivity index is 2.19. The van der Waals surface area contributed by atoms with Gasteiger partial charge >= 0.3 is 0 Å². The van der Waals surface area contributed by atoms with Crippen LogP contribution in [0.5, 0.6) is 5.75 Å². The lowest BCUT2D eigenvalue weighted by molar-refractivity contribution is 0.0688. The molecule has 2 heterocycles. The fourth-order valence-corrected chi connectivity index (χ4v) is 2.71. The number of aliphatic hydroxyl groups excluding tert-OH is 1. The van der Waals surface area contributed by atoms with Crippen molar-refractivity contribution in [3.63, 3.8) is 0 Å². The van der Waals surface area contributed by atoms with Crippen molar-refractivity contribution in [3.8, 4) is 5.75 Å². The van der Waals surface area contributed by atoms with Gasteiger partial charge in [-0.2, -0.15) is 0 Å². The molecule has 1 fully saturated rings. The molecule has 1 aliphatic rings. The van der Waals surface area contributed by atoms with E-state index in [2.05, 4.69) is 9.88 Å². The molecule has 0 aliphatic carbocycles. The lowest BCUT2D eigenvalue weighted by atomic mass is 10.0. The molecule has 0 saturated carbocycles. The van der Waals surface area contributed by atoms with Crippen molar-refractivity contribution in [2.75, 3.05) is 33.8 Å². The zero-order valence-electron chi connectivity index (χ0n) is 12.6. The average Bonchev–Trinajstić information content (AvgIpc) is 2.69. The summed E-state index contributed by atoms with van der Waals surface area (Å²) in [7, 11) is 4.00. The quantitative estimate of drug-likeness (QED) is 0.851. The fraction of sp³-hybridized carbons (Fsp3) is 0.600. The Bertz CT molecular complexity index is 493. The van der Waals surface area contributed by atoms with Crippen LogP contribution in [0.2, 0.25) is 0 Å². The summed E-state index contributed by atoms with van der Waals surface area (Å²) in [5, 5.41) is 18.9. The average molecular weight is 293 g/mol. The lowest BCUT2D eigenvalue weighted by Crippen LogP contribution is -2.42. The summed E-state index contributed by atoms with van der Waals surface area (Å²) < 4.78 is 0. The number of amides is 1. The molecule has 116 valence electrons.